The molecule has 1 unspecified atom stereocenters. The van der Waals surface area contributed by atoms with Gasteiger partial charge in [-0.3, -0.25) is 9.00 Å². The predicted octanol–water partition coefficient (Wildman–Crippen LogP) is 1.01. The summed E-state index contributed by atoms with van der Waals surface area (Å²) in [7, 11) is -1.20. The first-order chi connectivity index (χ1) is 7.20. The summed E-state index contributed by atoms with van der Waals surface area (Å²) >= 11 is 0. The number of carbonyl (C=O) groups is 1. The molecule has 0 spiro atoms. The number of hydrogen-bond acceptors (Lipinski definition) is 3. The maximum atomic E-state index is 11.7. The highest BCUT2D eigenvalue weighted by Crippen LogP contribution is 2.24. The molecule has 0 bridgehead atoms. The predicted molar refractivity (Wildman–Crippen MR) is 55.7 cm³/mol. The quantitative estimate of drug-likeness (QED) is 0.709. The summed E-state index contributed by atoms with van der Waals surface area (Å²) in [5, 5.41) is 11.4. The fraction of sp³-hybridized carbons (Fsp3) is 0.200. The van der Waals surface area contributed by atoms with E-state index in [0.29, 0.717) is 21.9 Å². The molecule has 76 valence electrons. The molecule has 1 amide bonds. The Morgan fingerprint density at radius 1 is 1.47 bits per heavy atom. The molecule has 0 fully saturated rings. The average Bonchev–Trinajstić information content (AvgIpc) is 2.39. The third-order valence-electron chi connectivity index (χ3n) is 2.14. The zero-order valence-electron chi connectivity index (χ0n) is 7.82. The van der Waals surface area contributed by atoms with Gasteiger partial charge in [-0.15, -0.1) is 0 Å². The zero-order valence-corrected chi connectivity index (χ0v) is 8.63. The maximum absolute atomic E-state index is 11.7. The third-order valence-corrected chi connectivity index (χ3v) is 3.55. The summed E-state index contributed by atoms with van der Waals surface area (Å²) in [6.07, 6.45) is 0.253. The van der Waals surface area contributed by atoms with E-state index in [2.05, 4.69) is 5.32 Å². The monoisotopic (exact) mass is 220 g/mol. The van der Waals surface area contributed by atoms with Gasteiger partial charge in [0.15, 0.2) is 0 Å². The van der Waals surface area contributed by atoms with E-state index in [0.717, 1.165) is 0 Å². The standard InChI is InChI=1S/C10H8N2O2S/c11-6-7-1-2-8-9(5-7)15(14)4-3-10(13)12-8/h1-2,5H,3-4H2,(H,12,13). The number of rotatable bonds is 0. The van der Waals surface area contributed by atoms with Crippen LogP contribution in [0.1, 0.15) is 12.0 Å². The number of nitriles is 1. The molecule has 1 heterocycles. The minimum atomic E-state index is -1.20. The van der Waals surface area contributed by atoms with Gasteiger partial charge < -0.3 is 5.32 Å². The first kappa shape index (κ1) is 9.87. The Bertz CT molecular complexity index is 491. The van der Waals surface area contributed by atoms with Gasteiger partial charge in [0.25, 0.3) is 0 Å². The van der Waals surface area contributed by atoms with E-state index in [-0.39, 0.29) is 12.3 Å². The molecule has 15 heavy (non-hydrogen) atoms. The lowest BCUT2D eigenvalue weighted by molar-refractivity contribution is -0.115. The molecule has 4 nitrogen and oxygen atoms in total. The Hall–Kier alpha value is -1.67. The van der Waals surface area contributed by atoms with E-state index in [1.807, 2.05) is 6.07 Å². The molecular formula is C10H8N2O2S. The smallest absolute Gasteiger partial charge is 0.225 e. The molecule has 0 aromatic heterocycles. The van der Waals surface area contributed by atoms with E-state index >= 15 is 0 Å². The second-order valence-corrected chi connectivity index (χ2v) is 4.71. The molecule has 5 heteroatoms. The summed E-state index contributed by atoms with van der Waals surface area (Å²) in [4.78, 5) is 11.8. The highest BCUT2D eigenvalue weighted by Gasteiger charge is 2.18. The first-order valence-corrected chi connectivity index (χ1v) is 5.75. The number of carbonyl (C=O) groups excluding carboxylic acids is 1. The van der Waals surface area contributed by atoms with Crippen molar-refractivity contribution in [3.63, 3.8) is 0 Å². The molecule has 0 aliphatic carbocycles. The highest BCUT2D eigenvalue weighted by molar-refractivity contribution is 7.85. The number of anilines is 1. The van der Waals surface area contributed by atoms with Crippen LogP contribution in [0.25, 0.3) is 0 Å². The van der Waals surface area contributed by atoms with Crippen LogP contribution in [0.15, 0.2) is 23.1 Å². The Labute approximate surface area is 89.4 Å². The molecule has 0 saturated heterocycles. The normalized spacial score (nSPS) is 19.7. The SMILES string of the molecule is N#Cc1ccc2c(c1)S(=O)CCC(=O)N2. The van der Waals surface area contributed by atoms with Gasteiger partial charge in [-0.2, -0.15) is 5.26 Å². The van der Waals surface area contributed by atoms with Crippen molar-refractivity contribution in [2.75, 3.05) is 11.1 Å². The molecule has 1 aromatic carbocycles. The third kappa shape index (κ3) is 1.90. The summed E-state index contributed by atoms with van der Waals surface area (Å²) < 4.78 is 11.7. The molecule has 1 aromatic rings. The van der Waals surface area contributed by atoms with Gasteiger partial charge in [0.05, 0.1) is 33.0 Å². The van der Waals surface area contributed by atoms with E-state index in [1.165, 1.54) is 0 Å². The van der Waals surface area contributed by atoms with Crippen molar-refractivity contribution < 1.29 is 9.00 Å². The Morgan fingerprint density at radius 3 is 3.00 bits per heavy atom. The Kier molecular flexibility index (Phi) is 2.52. The van der Waals surface area contributed by atoms with E-state index in [9.17, 15) is 9.00 Å². The van der Waals surface area contributed by atoms with E-state index in [4.69, 9.17) is 5.26 Å². The number of nitrogens with zero attached hydrogens (tertiary/aromatic N) is 1. The van der Waals surface area contributed by atoms with Crippen LogP contribution >= 0.6 is 0 Å². The molecule has 0 saturated carbocycles. The van der Waals surface area contributed by atoms with Gasteiger partial charge in [0, 0.05) is 12.2 Å². The molecule has 2 rings (SSSR count). The van der Waals surface area contributed by atoms with E-state index < -0.39 is 10.8 Å². The average molecular weight is 220 g/mol. The Balaban J connectivity index is 2.54. The lowest BCUT2D eigenvalue weighted by Crippen LogP contribution is -2.10. The van der Waals surface area contributed by atoms with Gasteiger partial charge in [0.1, 0.15) is 0 Å². The van der Waals surface area contributed by atoms with E-state index in [1.54, 1.807) is 18.2 Å². The highest BCUT2D eigenvalue weighted by atomic mass is 32.2. The van der Waals surface area contributed by atoms with Crippen molar-refractivity contribution in [2.45, 2.75) is 11.3 Å². The molecule has 1 aliphatic heterocycles. The van der Waals surface area contributed by atoms with Gasteiger partial charge in [-0.05, 0) is 18.2 Å². The van der Waals surface area contributed by atoms with Crippen molar-refractivity contribution in [3.05, 3.63) is 23.8 Å². The topological polar surface area (TPSA) is 70.0 Å². The summed E-state index contributed by atoms with van der Waals surface area (Å²) in [5.74, 6) is 0.181. The van der Waals surface area contributed by atoms with Crippen LogP contribution in [0.4, 0.5) is 5.69 Å². The molecule has 1 N–H and O–H groups in total. The number of amides is 1. The molecule has 1 aliphatic rings. The maximum Gasteiger partial charge on any atom is 0.225 e. The van der Waals surface area contributed by atoms with Crippen molar-refractivity contribution in [1.82, 2.24) is 0 Å². The van der Waals surface area contributed by atoms with Gasteiger partial charge in [0.2, 0.25) is 5.91 Å². The first-order valence-electron chi connectivity index (χ1n) is 4.43. The van der Waals surface area contributed by atoms with Crippen molar-refractivity contribution >= 4 is 22.4 Å². The van der Waals surface area contributed by atoms with Crippen molar-refractivity contribution in [1.29, 1.82) is 5.26 Å². The van der Waals surface area contributed by atoms with Gasteiger partial charge >= 0.3 is 0 Å². The van der Waals surface area contributed by atoms with Gasteiger partial charge in [-0.25, -0.2) is 0 Å². The summed E-state index contributed by atoms with van der Waals surface area (Å²) in [6.45, 7) is 0. The van der Waals surface area contributed by atoms with Crippen LogP contribution in [-0.2, 0) is 15.6 Å². The van der Waals surface area contributed by atoms with Crippen LogP contribution in [0.3, 0.4) is 0 Å². The fourth-order valence-electron chi connectivity index (χ4n) is 1.39. The number of hydrogen-bond donors (Lipinski definition) is 1. The molecule has 1 atom stereocenters. The largest absolute Gasteiger partial charge is 0.325 e. The van der Waals surface area contributed by atoms with Crippen LogP contribution in [0.2, 0.25) is 0 Å². The van der Waals surface area contributed by atoms with Crippen LogP contribution in [0.5, 0.6) is 0 Å². The summed E-state index contributed by atoms with van der Waals surface area (Å²) in [6, 6.07) is 6.77. The molecule has 0 radical (unpaired) electrons. The van der Waals surface area contributed by atoms with Crippen LogP contribution < -0.4 is 5.32 Å². The summed E-state index contributed by atoms with van der Waals surface area (Å²) in [5.41, 5.74) is 1.01. The zero-order chi connectivity index (χ0) is 10.8. The second-order valence-electron chi connectivity index (χ2n) is 3.17. The van der Waals surface area contributed by atoms with Gasteiger partial charge in [-0.1, -0.05) is 0 Å². The number of nitrogens with one attached hydrogen (secondary N) is 1. The minimum Gasteiger partial charge on any atom is -0.325 e. The fourth-order valence-corrected chi connectivity index (χ4v) is 2.61. The van der Waals surface area contributed by atoms with Crippen molar-refractivity contribution in [3.8, 4) is 6.07 Å². The lowest BCUT2D eigenvalue weighted by atomic mass is 10.2. The van der Waals surface area contributed by atoms with Crippen molar-refractivity contribution in [2.24, 2.45) is 0 Å². The number of fused-ring (bicyclic) bond motifs is 1. The lowest BCUT2D eigenvalue weighted by Gasteiger charge is -2.05. The second kappa shape index (κ2) is 3.83. The van der Waals surface area contributed by atoms with Crippen LogP contribution in [-0.4, -0.2) is 15.9 Å². The number of benzene rings is 1. The minimum absolute atomic E-state index is 0.133. The Morgan fingerprint density at radius 2 is 2.27 bits per heavy atom. The van der Waals surface area contributed by atoms with Crippen LogP contribution in [0, 0.1) is 11.3 Å². The molecular weight excluding hydrogens is 212 g/mol.